The molecule has 1 amide bonds. The van der Waals surface area contributed by atoms with Crippen molar-refractivity contribution in [3.8, 4) is 5.69 Å². The van der Waals surface area contributed by atoms with Crippen molar-refractivity contribution in [2.24, 2.45) is 0 Å². The monoisotopic (exact) mass is 464 g/mol. The molecule has 0 spiro atoms. The highest BCUT2D eigenvalue weighted by molar-refractivity contribution is 8.00. The lowest BCUT2D eigenvalue weighted by molar-refractivity contribution is -0.137. The molecule has 0 aliphatic heterocycles. The van der Waals surface area contributed by atoms with Crippen molar-refractivity contribution in [1.82, 2.24) is 25.0 Å². The molecule has 0 aliphatic rings. The van der Waals surface area contributed by atoms with E-state index in [0.717, 1.165) is 23.9 Å². The van der Waals surface area contributed by atoms with Crippen molar-refractivity contribution >= 4 is 46.1 Å². The molecule has 12 heteroatoms. The van der Waals surface area contributed by atoms with Crippen LogP contribution in [0.4, 0.5) is 18.9 Å². The first kappa shape index (κ1) is 21.1. The zero-order valence-corrected chi connectivity index (χ0v) is 17.0. The number of halogens is 4. The van der Waals surface area contributed by atoms with Gasteiger partial charge in [0.05, 0.1) is 17.0 Å². The summed E-state index contributed by atoms with van der Waals surface area (Å²) in [5, 5.41) is 11.7. The average Bonchev–Trinajstić information content (AvgIpc) is 3.17. The second-order valence-corrected chi connectivity index (χ2v) is 7.64. The van der Waals surface area contributed by atoms with Crippen LogP contribution in [0.1, 0.15) is 5.56 Å². The highest BCUT2D eigenvalue weighted by Gasteiger charge is 2.30. The van der Waals surface area contributed by atoms with Gasteiger partial charge in [0.15, 0.2) is 11.2 Å². The fraction of sp³-hybridized carbons (Fsp3) is 0.105. The first-order valence-corrected chi connectivity index (χ1v) is 10.1. The minimum absolute atomic E-state index is 0.0306. The number of aromatic nitrogens is 5. The maximum atomic E-state index is 12.6. The van der Waals surface area contributed by atoms with Crippen molar-refractivity contribution in [1.29, 1.82) is 0 Å². The minimum atomic E-state index is -4.43. The van der Waals surface area contributed by atoms with Gasteiger partial charge in [0, 0.05) is 10.7 Å². The Balaban J connectivity index is 1.46. The van der Waals surface area contributed by atoms with Gasteiger partial charge in [-0.15, -0.1) is 5.10 Å². The molecule has 4 aromatic rings. The molecule has 0 radical (unpaired) electrons. The topological polar surface area (TPSA) is 85.6 Å². The van der Waals surface area contributed by atoms with Crippen LogP contribution in [0.2, 0.25) is 5.02 Å². The molecule has 0 unspecified atom stereocenters. The van der Waals surface area contributed by atoms with Crippen molar-refractivity contribution in [3.63, 3.8) is 0 Å². The molecule has 0 bridgehead atoms. The van der Waals surface area contributed by atoms with Gasteiger partial charge in [0.1, 0.15) is 11.4 Å². The van der Waals surface area contributed by atoms with Crippen LogP contribution < -0.4 is 5.32 Å². The normalized spacial score (nSPS) is 11.6. The third-order valence-electron chi connectivity index (χ3n) is 4.09. The van der Waals surface area contributed by atoms with E-state index in [1.54, 1.807) is 24.3 Å². The van der Waals surface area contributed by atoms with E-state index in [0.29, 0.717) is 26.9 Å². The Morgan fingerprint density at radius 3 is 2.61 bits per heavy atom. The number of fused-ring (bicyclic) bond motifs is 1. The van der Waals surface area contributed by atoms with Crippen molar-refractivity contribution in [2.45, 2.75) is 11.2 Å². The smallest absolute Gasteiger partial charge is 0.325 e. The maximum Gasteiger partial charge on any atom is 0.416 e. The largest absolute Gasteiger partial charge is 0.416 e. The van der Waals surface area contributed by atoms with Gasteiger partial charge >= 0.3 is 6.18 Å². The van der Waals surface area contributed by atoms with Crippen molar-refractivity contribution < 1.29 is 18.0 Å². The SMILES string of the molecule is O=C(CSc1ncnc2c1nnn2-c1cccc(Cl)c1)Nc1ccc(C(F)(F)F)cc1. The molecule has 31 heavy (non-hydrogen) atoms. The molecule has 2 aromatic heterocycles. The predicted octanol–water partition coefficient (Wildman–Crippen LogP) is 4.61. The Labute approximate surface area is 182 Å². The van der Waals surface area contributed by atoms with Crippen LogP contribution in [0, 0.1) is 0 Å². The Hall–Kier alpha value is -3.18. The molecule has 0 atom stereocenters. The molecule has 0 saturated carbocycles. The van der Waals surface area contributed by atoms with E-state index in [4.69, 9.17) is 11.6 Å². The summed E-state index contributed by atoms with van der Waals surface area (Å²) in [5.74, 6) is -0.435. The quantitative estimate of drug-likeness (QED) is 0.343. The molecule has 7 nitrogen and oxygen atoms in total. The Morgan fingerprint density at radius 2 is 1.90 bits per heavy atom. The van der Waals surface area contributed by atoms with Crippen molar-refractivity contribution in [2.75, 3.05) is 11.1 Å². The molecule has 0 aliphatic carbocycles. The Bertz CT molecular complexity index is 1250. The standard InChI is InChI=1S/C19H12ClF3N6OS/c20-12-2-1-3-14(8-12)29-17-16(27-28-29)18(25-10-24-17)31-9-15(30)26-13-6-4-11(5-7-13)19(21,22)23/h1-8,10H,9H2,(H,26,30). The lowest BCUT2D eigenvalue weighted by Gasteiger charge is -2.08. The third kappa shape index (κ3) is 4.78. The lowest BCUT2D eigenvalue weighted by atomic mass is 10.2. The molecule has 0 saturated heterocycles. The summed E-state index contributed by atoms with van der Waals surface area (Å²) < 4.78 is 39.4. The molecular formula is C19H12ClF3N6OS. The molecular weight excluding hydrogens is 453 g/mol. The van der Waals surface area contributed by atoms with Gasteiger partial charge in [-0.3, -0.25) is 4.79 Å². The fourth-order valence-corrected chi connectivity index (χ4v) is 3.60. The van der Waals surface area contributed by atoms with E-state index in [9.17, 15) is 18.0 Å². The van der Waals surface area contributed by atoms with Crippen LogP contribution in [0.25, 0.3) is 16.9 Å². The molecule has 2 heterocycles. The van der Waals surface area contributed by atoms with Gasteiger partial charge in [0.2, 0.25) is 5.91 Å². The number of amides is 1. The van der Waals surface area contributed by atoms with E-state index in [-0.39, 0.29) is 11.4 Å². The Kier molecular flexibility index (Phi) is 5.79. The maximum absolute atomic E-state index is 12.6. The number of carbonyl (C=O) groups is 1. The lowest BCUT2D eigenvalue weighted by Crippen LogP contribution is -2.14. The van der Waals surface area contributed by atoms with E-state index in [1.807, 2.05) is 0 Å². The summed E-state index contributed by atoms with van der Waals surface area (Å²) in [6, 6.07) is 11.2. The fourth-order valence-electron chi connectivity index (χ4n) is 2.69. The molecule has 1 N–H and O–H groups in total. The van der Waals surface area contributed by atoms with Crippen LogP contribution in [0.3, 0.4) is 0 Å². The number of nitrogens with one attached hydrogen (secondary N) is 1. The molecule has 2 aromatic carbocycles. The highest BCUT2D eigenvalue weighted by Crippen LogP contribution is 2.30. The molecule has 0 fully saturated rings. The number of carbonyl (C=O) groups excluding carboxylic acids is 1. The summed E-state index contributed by atoms with van der Waals surface area (Å²) in [7, 11) is 0. The van der Waals surface area contributed by atoms with Crippen LogP contribution >= 0.6 is 23.4 Å². The average molecular weight is 465 g/mol. The number of nitrogens with zero attached hydrogens (tertiary/aromatic N) is 5. The van der Waals surface area contributed by atoms with Gasteiger partial charge in [0.25, 0.3) is 0 Å². The second-order valence-electron chi connectivity index (χ2n) is 6.24. The summed E-state index contributed by atoms with van der Waals surface area (Å²) in [6.45, 7) is 0. The number of rotatable bonds is 5. The minimum Gasteiger partial charge on any atom is -0.325 e. The van der Waals surface area contributed by atoms with E-state index < -0.39 is 17.6 Å². The number of benzene rings is 2. The van der Waals surface area contributed by atoms with E-state index >= 15 is 0 Å². The zero-order valence-electron chi connectivity index (χ0n) is 15.5. The second kappa shape index (κ2) is 8.52. The summed E-state index contributed by atoms with van der Waals surface area (Å²) >= 11 is 7.14. The van der Waals surface area contributed by atoms with Crippen LogP contribution in [0.5, 0.6) is 0 Å². The third-order valence-corrected chi connectivity index (χ3v) is 5.31. The summed E-state index contributed by atoms with van der Waals surface area (Å²) in [4.78, 5) is 20.6. The first-order chi connectivity index (χ1) is 14.8. The molecule has 4 rings (SSSR count). The summed E-state index contributed by atoms with van der Waals surface area (Å²) in [6.07, 6.45) is -3.10. The first-order valence-electron chi connectivity index (χ1n) is 8.73. The number of hydrogen-bond donors (Lipinski definition) is 1. The van der Waals surface area contributed by atoms with Gasteiger partial charge in [-0.25, -0.2) is 9.97 Å². The van der Waals surface area contributed by atoms with Crippen LogP contribution in [-0.2, 0) is 11.0 Å². The van der Waals surface area contributed by atoms with Gasteiger partial charge in [-0.1, -0.05) is 34.6 Å². The zero-order chi connectivity index (χ0) is 22.0. The van der Waals surface area contributed by atoms with Gasteiger partial charge in [-0.05, 0) is 42.5 Å². The van der Waals surface area contributed by atoms with Gasteiger partial charge < -0.3 is 5.32 Å². The van der Waals surface area contributed by atoms with Gasteiger partial charge in [-0.2, -0.15) is 17.9 Å². The van der Waals surface area contributed by atoms with Crippen LogP contribution in [-0.4, -0.2) is 36.6 Å². The molecule has 158 valence electrons. The Morgan fingerprint density at radius 1 is 1.13 bits per heavy atom. The summed E-state index contributed by atoms with van der Waals surface area (Å²) in [5.41, 5.74) is 1.01. The number of hydrogen-bond acceptors (Lipinski definition) is 6. The van der Waals surface area contributed by atoms with E-state index in [1.165, 1.54) is 23.1 Å². The van der Waals surface area contributed by atoms with Crippen molar-refractivity contribution in [3.05, 3.63) is 65.4 Å². The van der Waals surface area contributed by atoms with Crippen LogP contribution in [0.15, 0.2) is 59.9 Å². The highest BCUT2D eigenvalue weighted by atomic mass is 35.5. The number of anilines is 1. The number of thioether (sulfide) groups is 1. The predicted molar refractivity (Wildman–Crippen MR) is 110 cm³/mol. The number of alkyl halides is 3. The van der Waals surface area contributed by atoms with E-state index in [2.05, 4.69) is 25.6 Å².